The monoisotopic (exact) mass is 349 g/mol. The largest absolute Gasteiger partial charge is 0.497 e. The smallest absolute Gasteiger partial charge is 0.179 e. The maximum atomic E-state index is 6.28. The number of benzene rings is 2. The topological polar surface area (TPSA) is 39.7 Å². The van der Waals surface area contributed by atoms with Gasteiger partial charge in [0.05, 0.1) is 25.8 Å². The van der Waals surface area contributed by atoms with Crippen LogP contribution in [0.15, 0.2) is 36.4 Å². The summed E-state index contributed by atoms with van der Waals surface area (Å²) in [4.78, 5) is 0. The fourth-order valence-electron chi connectivity index (χ4n) is 2.42. The van der Waals surface area contributed by atoms with Crippen molar-refractivity contribution < 1.29 is 14.2 Å². The van der Waals surface area contributed by atoms with E-state index in [2.05, 4.69) is 17.4 Å². The van der Waals surface area contributed by atoms with Gasteiger partial charge in [0.1, 0.15) is 5.75 Å². The van der Waals surface area contributed by atoms with Crippen molar-refractivity contribution in [2.45, 2.75) is 19.9 Å². The van der Waals surface area contributed by atoms with Crippen molar-refractivity contribution in [3.63, 3.8) is 0 Å². The van der Waals surface area contributed by atoms with Gasteiger partial charge in [-0.2, -0.15) is 0 Å². The molecular weight excluding hydrogens is 326 g/mol. The van der Waals surface area contributed by atoms with Crippen LogP contribution < -0.4 is 19.5 Å². The van der Waals surface area contributed by atoms with Gasteiger partial charge in [0.2, 0.25) is 0 Å². The predicted octanol–water partition coefficient (Wildman–Crippen LogP) is 4.09. The Balaban J connectivity index is 1.88. The first-order valence-corrected chi connectivity index (χ1v) is 8.38. The first-order valence-electron chi connectivity index (χ1n) is 8.00. The molecule has 2 aromatic rings. The quantitative estimate of drug-likeness (QED) is 0.692. The second-order valence-corrected chi connectivity index (χ2v) is 5.72. The normalized spacial score (nSPS) is 10.5. The maximum absolute atomic E-state index is 6.28. The molecule has 24 heavy (non-hydrogen) atoms. The molecule has 0 fully saturated rings. The molecule has 2 rings (SSSR count). The van der Waals surface area contributed by atoms with Crippen LogP contribution in [-0.2, 0) is 13.0 Å². The van der Waals surface area contributed by atoms with E-state index in [1.807, 2.05) is 31.2 Å². The lowest BCUT2D eigenvalue weighted by Crippen LogP contribution is -2.16. The van der Waals surface area contributed by atoms with Gasteiger partial charge in [0.25, 0.3) is 0 Å². The third-order valence-electron chi connectivity index (χ3n) is 3.66. The van der Waals surface area contributed by atoms with Gasteiger partial charge in [0.15, 0.2) is 11.5 Å². The molecule has 0 amide bonds. The van der Waals surface area contributed by atoms with Crippen LogP contribution in [-0.4, -0.2) is 27.4 Å². The molecule has 0 spiro atoms. The summed E-state index contributed by atoms with van der Waals surface area (Å²) in [6.45, 7) is 4.07. The van der Waals surface area contributed by atoms with Crippen LogP contribution in [0, 0.1) is 0 Å². The van der Waals surface area contributed by atoms with Crippen molar-refractivity contribution in [2.24, 2.45) is 0 Å². The number of methoxy groups -OCH3 is 2. The van der Waals surface area contributed by atoms with Gasteiger partial charge >= 0.3 is 0 Å². The number of halogens is 1. The molecule has 5 heteroatoms. The Morgan fingerprint density at radius 3 is 2.38 bits per heavy atom. The van der Waals surface area contributed by atoms with Crippen LogP contribution in [0.3, 0.4) is 0 Å². The van der Waals surface area contributed by atoms with E-state index < -0.39 is 0 Å². The maximum Gasteiger partial charge on any atom is 0.179 e. The molecule has 1 N–H and O–H groups in total. The molecule has 4 nitrogen and oxygen atoms in total. The Hall–Kier alpha value is -1.91. The second-order valence-electron chi connectivity index (χ2n) is 5.32. The van der Waals surface area contributed by atoms with Gasteiger partial charge in [-0.05, 0) is 55.3 Å². The van der Waals surface area contributed by atoms with Gasteiger partial charge in [-0.1, -0.05) is 23.7 Å². The zero-order valence-corrected chi connectivity index (χ0v) is 15.2. The van der Waals surface area contributed by atoms with Crippen molar-refractivity contribution in [3.8, 4) is 17.2 Å². The third-order valence-corrected chi connectivity index (χ3v) is 3.94. The lowest BCUT2D eigenvalue weighted by atomic mass is 10.1. The summed E-state index contributed by atoms with van der Waals surface area (Å²) in [5.41, 5.74) is 2.33. The van der Waals surface area contributed by atoms with E-state index in [1.165, 1.54) is 5.56 Å². The van der Waals surface area contributed by atoms with Gasteiger partial charge in [-0.15, -0.1) is 0 Å². The van der Waals surface area contributed by atoms with E-state index in [0.717, 1.165) is 30.8 Å². The summed E-state index contributed by atoms with van der Waals surface area (Å²) in [5.74, 6) is 2.14. The van der Waals surface area contributed by atoms with Crippen LogP contribution in [0.4, 0.5) is 0 Å². The molecule has 0 aromatic heterocycles. The van der Waals surface area contributed by atoms with Gasteiger partial charge in [-0.3, -0.25) is 0 Å². The molecule has 0 aliphatic carbocycles. The van der Waals surface area contributed by atoms with Gasteiger partial charge < -0.3 is 19.5 Å². The van der Waals surface area contributed by atoms with Crippen LogP contribution >= 0.6 is 11.6 Å². The van der Waals surface area contributed by atoms with E-state index in [9.17, 15) is 0 Å². The first kappa shape index (κ1) is 18.4. The average Bonchev–Trinajstić information content (AvgIpc) is 2.61. The lowest BCUT2D eigenvalue weighted by Gasteiger charge is -2.13. The molecule has 2 aromatic carbocycles. The van der Waals surface area contributed by atoms with Crippen LogP contribution in [0.5, 0.6) is 17.2 Å². The molecule has 0 unspecified atom stereocenters. The second kappa shape index (κ2) is 9.40. The van der Waals surface area contributed by atoms with Crippen molar-refractivity contribution in [1.29, 1.82) is 0 Å². The Morgan fingerprint density at radius 1 is 1.00 bits per heavy atom. The molecule has 0 saturated carbocycles. The van der Waals surface area contributed by atoms with E-state index in [1.54, 1.807) is 14.2 Å². The Kier molecular flexibility index (Phi) is 7.22. The highest BCUT2D eigenvalue weighted by Crippen LogP contribution is 2.36. The third kappa shape index (κ3) is 5.05. The molecule has 0 atom stereocenters. The minimum atomic E-state index is 0.551. The molecular formula is C19H24ClNO3. The van der Waals surface area contributed by atoms with Crippen LogP contribution in [0.25, 0.3) is 0 Å². The van der Waals surface area contributed by atoms with Crippen molar-refractivity contribution >= 4 is 11.6 Å². The minimum Gasteiger partial charge on any atom is -0.497 e. The first-order chi connectivity index (χ1) is 11.7. The highest BCUT2D eigenvalue weighted by Gasteiger charge is 2.11. The number of rotatable bonds is 9. The predicted molar refractivity (Wildman–Crippen MR) is 97.6 cm³/mol. The summed E-state index contributed by atoms with van der Waals surface area (Å²) in [6, 6.07) is 12.0. The highest BCUT2D eigenvalue weighted by molar-refractivity contribution is 6.32. The summed E-state index contributed by atoms with van der Waals surface area (Å²) in [6.07, 6.45) is 0.950. The van der Waals surface area contributed by atoms with Crippen molar-refractivity contribution in [2.75, 3.05) is 27.4 Å². The Bertz CT molecular complexity index is 644. The Morgan fingerprint density at radius 2 is 1.75 bits per heavy atom. The van der Waals surface area contributed by atoms with Crippen LogP contribution in [0.1, 0.15) is 18.1 Å². The van der Waals surface area contributed by atoms with E-state index in [-0.39, 0.29) is 0 Å². The molecule has 0 bridgehead atoms. The summed E-state index contributed by atoms with van der Waals surface area (Å²) in [5, 5.41) is 3.99. The van der Waals surface area contributed by atoms with Gasteiger partial charge in [0, 0.05) is 6.54 Å². The standard InChI is InChI=1S/C19H24ClNO3/c1-4-24-19-17(20)11-15(12-18(19)23-3)13-21-10-9-14-5-7-16(22-2)8-6-14/h5-8,11-12,21H,4,9-10,13H2,1-3H3. The molecule has 130 valence electrons. The SMILES string of the molecule is CCOc1c(Cl)cc(CNCCc2ccc(OC)cc2)cc1OC. The minimum absolute atomic E-state index is 0.551. The fourth-order valence-corrected chi connectivity index (χ4v) is 2.71. The van der Waals surface area contributed by atoms with Crippen molar-refractivity contribution in [3.05, 3.63) is 52.5 Å². The van der Waals surface area contributed by atoms with Gasteiger partial charge in [-0.25, -0.2) is 0 Å². The van der Waals surface area contributed by atoms with E-state index >= 15 is 0 Å². The molecule has 0 saturated heterocycles. The van der Waals surface area contributed by atoms with E-state index in [4.69, 9.17) is 25.8 Å². The zero-order valence-electron chi connectivity index (χ0n) is 14.4. The number of hydrogen-bond donors (Lipinski definition) is 1. The van der Waals surface area contributed by atoms with Crippen LogP contribution in [0.2, 0.25) is 5.02 Å². The zero-order chi connectivity index (χ0) is 17.4. The highest BCUT2D eigenvalue weighted by atomic mass is 35.5. The van der Waals surface area contributed by atoms with Crippen molar-refractivity contribution in [1.82, 2.24) is 5.32 Å². The molecule has 0 radical (unpaired) electrons. The fraction of sp³-hybridized carbons (Fsp3) is 0.368. The molecule has 0 heterocycles. The Labute approximate surface area is 148 Å². The van der Waals surface area contributed by atoms with E-state index in [0.29, 0.717) is 23.1 Å². The average molecular weight is 350 g/mol. The number of nitrogens with one attached hydrogen (secondary N) is 1. The summed E-state index contributed by atoms with van der Waals surface area (Å²) >= 11 is 6.28. The number of ether oxygens (including phenoxy) is 3. The summed E-state index contributed by atoms with van der Waals surface area (Å²) in [7, 11) is 3.29. The number of hydrogen-bond acceptors (Lipinski definition) is 4. The molecule has 0 aliphatic heterocycles. The molecule has 0 aliphatic rings. The summed E-state index contributed by atoms with van der Waals surface area (Å²) < 4.78 is 16.1. The lowest BCUT2D eigenvalue weighted by molar-refractivity contribution is 0.311.